The topological polar surface area (TPSA) is 60.2 Å². The van der Waals surface area contributed by atoms with Crippen LogP contribution in [0.25, 0.3) is 0 Å². The molecule has 0 unspecified atom stereocenters. The van der Waals surface area contributed by atoms with Gasteiger partial charge in [0.05, 0.1) is 0 Å². The number of nitro groups is 1. The summed E-state index contributed by atoms with van der Waals surface area (Å²) in [6, 6.07) is 0. The van der Waals surface area contributed by atoms with Gasteiger partial charge >= 0.3 is 73.8 Å². The SMILES string of the molecule is O=C[C-]=C/C=C(\[CH]=[W])[N+](=O)[O-]. The van der Waals surface area contributed by atoms with E-state index in [4.69, 9.17) is 0 Å². The van der Waals surface area contributed by atoms with Crippen molar-refractivity contribution >= 4 is 10.7 Å². The van der Waals surface area contributed by atoms with Crippen molar-refractivity contribution in [3.05, 3.63) is 34.0 Å². The van der Waals surface area contributed by atoms with E-state index in [1.54, 1.807) is 0 Å². The van der Waals surface area contributed by atoms with Gasteiger partial charge in [0, 0.05) is 0 Å². The normalized spacial score (nSPS) is 11.5. The van der Waals surface area contributed by atoms with Crippen molar-refractivity contribution in [1.29, 1.82) is 0 Å². The van der Waals surface area contributed by atoms with Crippen LogP contribution in [0.1, 0.15) is 0 Å². The van der Waals surface area contributed by atoms with E-state index in [-0.39, 0.29) is 5.70 Å². The fourth-order valence-electron chi connectivity index (χ4n) is 0.316. The summed E-state index contributed by atoms with van der Waals surface area (Å²) < 4.78 is 1.42. The van der Waals surface area contributed by atoms with Gasteiger partial charge in [-0.2, -0.15) is 0 Å². The molecule has 0 bridgehead atoms. The minimum absolute atomic E-state index is 0.0191. The van der Waals surface area contributed by atoms with Crippen LogP contribution in [0.15, 0.2) is 17.8 Å². The molecule has 0 aliphatic rings. The van der Waals surface area contributed by atoms with Gasteiger partial charge in [0.1, 0.15) is 0 Å². The average molecular weight is 322 g/mol. The summed E-state index contributed by atoms with van der Waals surface area (Å²) in [5.41, 5.74) is -0.0191. The van der Waals surface area contributed by atoms with E-state index in [9.17, 15) is 14.9 Å². The van der Waals surface area contributed by atoms with Crippen molar-refractivity contribution in [3.63, 3.8) is 0 Å². The first-order valence-electron chi connectivity index (χ1n) is 2.55. The quantitative estimate of drug-likeness (QED) is 0.184. The van der Waals surface area contributed by atoms with Crippen molar-refractivity contribution in [2.24, 2.45) is 0 Å². The first-order chi connectivity index (χ1) is 5.22. The van der Waals surface area contributed by atoms with Gasteiger partial charge in [0.25, 0.3) is 0 Å². The molecule has 4 nitrogen and oxygen atoms in total. The third kappa shape index (κ3) is 4.50. The Morgan fingerprint density at radius 2 is 2.27 bits per heavy atom. The van der Waals surface area contributed by atoms with Crippen LogP contribution in [-0.4, -0.2) is 15.6 Å². The minimum atomic E-state index is -0.518. The Balaban J connectivity index is 4.35. The molecule has 11 heavy (non-hydrogen) atoms. The Hall–Kier alpha value is -0.892. The first-order valence-corrected chi connectivity index (χ1v) is 4.24. The summed E-state index contributed by atoms with van der Waals surface area (Å²) in [5.74, 6) is 0. The maximum atomic E-state index is 10.1. The molecule has 5 heteroatoms. The Morgan fingerprint density at radius 3 is 2.64 bits per heavy atom. The molecule has 0 saturated heterocycles. The number of hydrogen-bond donors (Lipinski definition) is 0. The van der Waals surface area contributed by atoms with Gasteiger partial charge in [-0.1, -0.05) is 0 Å². The molecule has 0 aromatic heterocycles. The van der Waals surface area contributed by atoms with E-state index in [0.717, 1.165) is 19.4 Å². The van der Waals surface area contributed by atoms with Gasteiger partial charge < -0.3 is 0 Å². The van der Waals surface area contributed by atoms with Gasteiger partial charge in [0.2, 0.25) is 0 Å². The molecule has 0 N–H and O–H groups in total. The van der Waals surface area contributed by atoms with E-state index in [1.165, 1.54) is 16.6 Å². The Kier molecular flexibility index (Phi) is 5.39. The number of hydrogen-bond acceptors (Lipinski definition) is 3. The van der Waals surface area contributed by atoms with E-state index in [1.807, 2.05) is 0 Å². The number of aldehydes is 1. The zero-order valence-corrected chi connectivity index (χ0v) is 8.32. The second kappa shape index (κ2) is 5.86. The van der Waals surface area contributed by atoms with E-state index in [0.29, 0.717) is 6.29 Å². The summed E-state index contributed by atoms with van der Waals surface area (Å²) in [4.78, 5) is 19.3. The van der Waals surface area contributed by atoms with Gasteiger partial charge in [-0.05, 0) is 0 Å². The Labute approximate surface area is 74.2 Å². The summed E-state index contributed by atoms with van der Waals surface area (Å²) >= 11 is 0.988. The molecule has 0 aliphatic heterocycles. The fraction of sp³-hybridized carbons (Fsp3) is 0. The van der Waals surface area contributed by atoms with Crippen molar-refractivity contribution in [2.45, 2.75) is 0 Å². The predicted octanol–water partition coefficient (Wildman–Crippen LogP) is 0.0543. The van der Waals surface area contributed by atoms with E-state index >= 15 is 0 Å². The van der Waals surface area contributed by atoms with E-state index < -0.39 is 4.92 Å². The number of rotatable bonds is 4. The van der Waals surface area contributed by atoms with Gasteiger partial charge in [-0.15, -0.1) is 0 Å². The molecule has 0 aromatic carbocycles. The average Bonchev–Trinajstić information content (AvgIpc) is 1.97. The summed E-state index contributed by atoms with van der Waals surface area (Å²) in [5, 5.41) is 10.1. The molecule has 0 atom stereocenters. The molecule has 0 aliphatic carbocycles. The molecule has 0 heterocycles. The molecule has 0 amide bonds. The zero-order chi connectivity index (χ0) is 8.69. The van der Waals surface area contributed by atoms with E-state index in [2.05, 4.69) is 6.08 Å². The number of allylic oxidation sites excluding steroid dienone is 4. The Morgan fingerprint density at radius 1 is 1.64 bits per heavy atom. The van der Waals surface area contributed by atoms with Crippen molar-refractivity contribution < 1.29 is 29.1 Å². The van der Waals surface area contributed by atoms with Crippen LogP contribution in [0.2, 0.25) is 0 Å². The fourth-order valence-corrected chi connectivity index (χ4v) is 0.907. The predicted molar refractivity (Wildman–Crippen MR) is 35.0 cm³/mol. The van der Waals surface area contributed by atoms with Gasteiger partial charge in [-0.25, -0.2) is 0 Å². The second-order valence-corrected chi connectivity index (χ2v) is 2.26. The molecular weight excluding hydrogens is 318 g/mol. The molecule has 0 rings (SSSR count). The molecule has 0 radical (unpaired) electrons. The molecule has 0 saturated carbocycles. The number of carbonyl (C=O) groups is 1. The number of carbonyl (C=O) groups excluding carboxylic acids is 1. The summed E-state index contributed by atoms with van der Waals surface area (Å²) in [6.07, 6.45) is 5.05. The van der Waals surface area contributed by atoms with Crippen LogP contribution in [0.3, 0.4) is 0 Å². The molecular formula is C6H4NO3W-. The molecule has 58 valence electrons. The zero-order valence-electron chi connectivity index (χ0n) is 5.39. The summed E-state index contributed by atoms with van der Waals surface area (Å²) in [6.45, 7) is 0. The number of nitrogens with zero attached hydrogens (tertiary/aromatic N) is 1. The first kappa shape index (κ1) is 10.1. The summed E-state index contributed by atoms with van der Waals surface area (Å²) in [7, 11) is 0. The third-order valence-corrected chi connectivity index (χ3v) is 1.62. The monoisotopic (exact) mass is 322 g/mol. The molecule has 0 aromatic rings. The van der Waals surface area contributed by atoms with Crippen LogP contribution in [0, 0.1) is 16.2 Å². The second-order valence-electron chi connectivity index (χ2n) is 1.42. The molecule has 0 fully saturated rings. The van der Waals surface area contributed by atoms with Crippen LogP contribution < -0.4 is 0 Å². The third-order valence-electron chi connectivity index (χ3n) is 0.750. The molecule has 0 spiro atoms. The maximum absolute atomic E-state index is 10.1. The van der Waals surface area contributed by atoms with Crippen LogP contribution in [0.4, 0.5) is 0 Å². The van der Waals surface area contributed by atoms with Crippen LogP contribution >= 0.6 is 0 Å². The van der Waals surface area contributed by atoms with Gasteiger partial charge in [0.15, 0.2) is 0 Å². The van der Waals surface area contributed by atoms with Crippen LogP contribution in [0.5, 0.6) is 0 Å². The Bertz CT molecular complexity index is 232. The van der Waals surface area contributed by atoms with Crippen LogP contribution in [-0.2, 0) is 24.1 Å². The van der Waals surface area contributed by atoms with Crippen molar-refractivity contribution in [1.82, 2.24) is 0 Å². The van der Waals surface area contributed by atoms with Crippen molar-refractivity contribution in [3.8, 4) is 0 Å². The van der Waals surface area contributed by atoms with Crippen molar-refractivity contribution in [2.75, 3.05) is 0 Å². The van der Waals surface area contributed by atoms with Gasteiger partial charge in [-0.3, -0.25) is 0 Å². The standard InChI is InChI=1S/C6H4NO3.W/c1-6(7(9)10)4-2-3-5-8;/h1-2,4-5H;/q-1;/b6-4+;.